The van der Waals surface area contributed by atoms with E-state index in [4.69, 9.17) is 10.5 Å². The summed E-state index contributed by atoms with van der Waals surface area (Å²) in [6, 6.07) is 1.35. The zero-order chi connectivity index (χ0) is 13.8. The highest BCUT2D eigenvalue weighted by molar-refractivity contribution is 7.99. The number of H-pyrrole nitrogens is 1. The van der Waals surface area contributed by atoms with Crippen molar-refractivity contribution in [3.8, 4) is 6.01 Å². The van der Waals surface area contributed by atoms with Crippen LogP contribution in [0.2, 0.25) is 0 Å². The molecule has 100 valence electrons. The number of aromatic amines is 1. The van der Waals surface area contributed by atoms with Gasteiger partial charge >= 0.3 is 6.01 Å². The summed E-state index contributed by atoms with van der Waals surface area (Å²) in [6.07, 6.45) is 0. The summed E-state index contributed by atoms with van der Waals surface area (Å²) < 4.78 is 4.95. The van der Waals surface area contributed by atoms with Gasteiger partial charge in [-0.2, -0.15) is 15.0 Å². The summed E-state index contributed by atoms with van der Waals surface area (Å²) in [5.74, 6) is 0.474. The molecule has 0 amide bonds. The van der Waals surface area contributed by atoms with E-state index < -0.39 is 0 Å². The number of hydrogen-bond acceptors (Lipinski definition) is 9. The van der Waals surface area contributed by atoms with Crippen molar-refractivity contribution in [3.63, 3.8) is 0 Å². The first-order chi connectivity index (χ1) is 9.10. The Kier molecular flexibility index (Phi) is 3.80. The van der Waals surface area contributed by atoms with E-state index in [0.717, 1.165) is 11.8 Å². The van der Waals surface area contributed by atoms with Crippen LogP contribution < -0.4 is 21.3 Å². The number of aromatic nitrogens is 5. The third-order valence-corrected chi connectivity index (χ3v) is 2.68. The first-order valence-electron chi connectivity index (χ1n) is 5.13. The van der Waals surface area contributed by atoms with E-state index in [9.17, 15) is 4.79 Å². The maximum Gasteiger partial charge on any atom is 0.321 e. The van der Waals surface area contributed by atoms with Crippen LogP contribution in [0.1, 0.15) is 0 Å². The Balaban J connectivity index is 2.34. The Bertz CT molecular complexity index is 622. The van der Waals surface area contributed by atoms with Crippen LogP contribution in [0.4, 0.5) is 11.8 Å². The molecule has 0 saturated carbocycles. The Morgan fingerprint density at radius 1 is 1.37 bits per heavy atom. The summed E-state index contributed by atoms with van der Waals surface area (Å²) in [6.45, 7) is 0. The van der Waals surface area contributed by atoms with Crippen LogP contribution in [-0.4, -0.2) is 39.1 Å². The van der Waals surface area contributed by atoms with Gasteiger partial charge in [-0.05, 0) is 11.8 Å². The predicted octanol–water partition coefficient (Wildman–Crippen LogP) is -0.261. The summed E-state index contributed by atoms with van der Waals surface area (Å²) in [4.78, 5) is 29.9. The van der Waals surface area contributed by atoms with E-state index in [1.165, 1.54) is 13.2 Å². The quantitative estimate of drug-likeness (QED) is 0.648. The Labute approximate surface area is 112 Å². The Hall–Kier alpha value is -2.36. The average Bonchev–Trinajstić information content (AvgIpc) is 2.37. The molecule has 0 spiro atoms. The molecule has 2 aromatic rings. The molecular weight excluding hydrogens is 270 g/mol. The fraction of sp³-hybridized carbons (Fsp3) is 0.222. The molecule has 0 aliphatic heterocycles. The van der Waals surface area contributed by atoms with Gasteiger partial charge < -0.3 is 20.8 Å². The minimum atomic E-state index is -0.343. The fourth-order valence-electron chi connectivity index (χ4n) is 1.17. The van der Waals surface area contributed by atoms with E-state index in [0.29, 0.717) is 16.3 Å². The molecule has 0 bridgehead atoms. The zero-order valence-electron chi connectivity index (χ0n) is 10.2. The van der Waals surface area contributed by atoms with Crippen molar-refractivity contribution in [1.82, 2.24) is 24.9 Å². The molecule has 19 heavy (non-hydrogen) atoms. The van der Waals surface area contributed by atoms with Crippen molar-refractivity contribution in [3.05, 3.63) is 16.4 Å². The van der Waals surface area contributed by atoms with Crippen LogP contribution in [0.15, 0.2) is 21.2 Å². The van der Waals surface area contributed by atoms with E-state index in [1.807, 2.05) is 0 Å². The van der Waals surface area contributed by atoms with Crippen LogP contribution in [0.5, 0.6) is 6.01 Å². The summed E-state index contributed by atoms with van der Waals surface area (Å²) >= 11 is 1.05. The van der Waals surface area contributed by atoms with Crippen LogP contribution in [0, 0.1) is 0 Å². The molecule has 0 radical (unpaired) electrons. The number of nitrogens with two attached hydrogens (primary N) is 1. The highest BCUT2D eigenvalue weighted by Gasteiger charge is 2.09. The second-order valence-electron chi connectivity index (χ2n) is 3.26. The van der Waals surface area contributed by atoms with Crippen molar-refractivity contribution in [1.29, 1.82) is 0 Å². The van der Waals surface area contributed by atoms with E-state index >= 15 is 0 Å². The van der Waals surface area contributed by atoms with Crippen LogP contribution in [-0.2, 0) is 0 Å². The first-order valence-corrected chi connectivity index (χ1v) is 5.95. The SMILES string of the molecule is CNc1nc(OC)nc(Sc2nc(N)cc(=O)[nH]2)n1. The Morgan fingerprint density at radius 3 is 2.79 bits per heavy atom. The van der Waals surface area contributed by atoms with Gasteiger partial charge in [-0.25, -0.2) is 4.98 Å². The number of rotatable bonds is 4. The number of nitrogens with one attached hydrogen (secondary N) is 2. The first kappa shape index (κ1) is 13.1. The van der Waals surface area contributed by atoms with E-state index in [-0.39, 0.29) is 17.4 Å². The van der Waals surface area contributed by atoms with E-state index in [1.54, 1.807) is 7.05 Å². The van der Waals surface area contributed by atoms with Crippen molar-refractivity contribution in [2.75, 3.05) is 25.2 Å². The predicted molar refractivity (Wildman–Crippen MR) is 69.3 cm³/mol. The molecule has 0 saturated heterocycles. The summed E-state index contributed by atoms with van der Waals surface area (Å²) in [7, 11) is 3.12. The lowest BCUT2D eigenvalue weighted by molar-refractivity contribution is 0.374. The number of ether oxygens (including phenoxy) is 1. The van der Waals surface area contributed by atoms with Gasteiger partial charge in [0, 0.05) is 13.1 Å². The number of hydrogen-bond donors (Lipinski definition) is 3. The second-order valence-corrected chi connectivity index (χ2v) is 4.21. The van der Waals surface area contributed by atoms with Crippen molar-refractivity contribution in [2.45, 2.75) is 10.3 Å². The molecule has 0 aromatic carbocycles. The van der Waals surface area contributed by atoms with Crippen molar-refractivity contribution >= 4 is 23.5 Å². The lowest BCUT2D eigenvalue weighted by Gasteiger charge is -2.04. The van der Waals surface area contributed by atoms with Gasteiger partial charge in [-0.1, -0.05) is 0 Å². The molecule has 0 aliphatic carbocycles. The summed E-state index contributed by atoms with van der Waals surface area (Å²) in [5, 5.41) is 3.39. The van der Waals surface area contributed by atoms with Crippen LogP contribution in [0.25, 0.3) is 0 Å². The topological polar surface area (TPSA) is 132 Å². The molecule has 10 heteroatoms. The standard InChI is InChI=1S/C9H11N7O2S/c1-11-6-14-7(18-2)16-9(15-6)19-8-12-4(10)3-5(17)13-8/h3H,1-2H3,(H3,10,12,13,17)(H,11,14,15,16). The van der Waals surface area contributed by atoms with Gasteiger partial charge in [0.1, 0.15) is 5.82 Å². The maximum atomic E-state index is 11.3. The van der Waals surface area contributed by atoms with Gasteiger partial charge in [-0.15, -0.1) is 0 Å². The zero-order valence-corrected chi connectivity index (χ0v) is 11.0. The molecule has 0 atom stereocenters. The monoisotopic (exact) mass is 281 g/mol. The highest BCUT2D eigenvalue weighted by atomic mass is 32.2. The fourth-order valence-corrected chi connectivity index (χ4v) is 1.91. The lowest BCUT2D eigenvalue weighted by Crippen LogP contribution is -2.10. The minimum absolute atomic E-state index is 0.126. The molecule has 0 aliphatic rings. The average molecular weight is 281 g/mol. The highest BCUT2D eigenvalue weighted by Crippen LogP contribution is 2.22. The third kappa shape index (κ3) is 3.31. The van der Waals surface area contributed by atoms with Crippen LogP contribution >= 0.6 is 11.8 Å². The number of anilines is 2. The number of methoxy groups -OCH3 is 1. The minimum Gasteiger partial charge on any atom is -0.467 e. The Morgan fingerprint density at radius 2 is 2.16 bits per heavy atom. The molecular formula is C9H11N7O2S. The second kappa shape index (κ2) is 5.52. The molecule has 4 N–H and O–H groups in total. The normalized spacial score (nSPS) is 10.2. The van der Waals surface area contributed by atoms with Gasteiger partial charge in [0.15, 0.2) is 5.16 Å². The molecule has 2 aromatic heterocycles. The van der Waals surface area contributed by atoms with Gasteiger partial charge in [-0.3, -0.25) is 4.79 Å². The van der Waals surface area contributed by atoms with Gasteiger partial charge in [0.05, 0.1) is 7.11 Å². The van der Waals surface area contributed by atoms with E-state index in [2.05, 4.69) is 30.2 Å². The van der Waals surface area contributed by atoms with Crippen molar-refractivity contribution in [2.24, 2.45) is 0 Å². The number of nitrogens with zero attached hydrogens (tertiary/aromatic N) is 4. The third-order valence-electron chi connectivity index (χ3n) is 1.93. The summed E-state index contributed by atoms with van der Waals surface area (Å²) in [5.41, 5.74) is 5.15. The van der Waals surface area contributed by atoms with Crippen LogP contribution in [0.3, 0.4) is 0 Å². The smallest absolute Gasteiger partial charge is 0.321 e. The largest absolute Gasteiger partial charge is 0.467 e. The number of nitrogen functional groups attached to an aromatic ring is 1. The molecule has 9 nitrogen and oxygen atoms in total. The van der Waals surface area contributed by atoms with Crippen molar-refractivity contribution < 1.29 is 4.74 Å². The van der Waals surface area contributed by atoms with Gasteiger partial charge in [0.25, 0.3) is 5.56 Å². The molecule has 0 unspecified atom stereocenters. The molecule has 0 fully saturated rings. The molecule has 2 heterocycles. The lowest BCUT2D eigenvalue weighted by atomic mass is 10.6. The maximum absolute atomic E-state index is 11.3. The molecule has 2 rings (SSSR count). The van der Waals surface area contributed by atoms with Gasteiger partial charge in [0.2, 0.25) is 11.1 Å².